The predicted molar refractivity (Wildman–Crippen MR) is 142 cm³/mol. The number of nitrogens with one attached hydrogen (secondary N) is 2. The van der Waals surface area contributed by atoms with Gasteiger partial charge in [0, 0.05) is 68.7 Å². The van der Waals surface area contributed by atoms with E-state index in [-0.39, 0.29) is 22.8 Å². The molecule has 0 saturated carbocycles. The zero-order valence-corrected chi connectivity index (χ0v) is 22.4. The number of hydrogen-bond donors (Lipinski definition) is 4. The van der Waals surface area contributed by atoms with E-state index in [1.165, 1.54) is 12.8 Å². The first kappa shape index (κ1) is 27.3. The van der Waals surface area contributed by atoms with E-state index in [1.54, 1.807) is 16.4 Å². The van der Waals surface area contributed by atoms with Crippen LogP contribution in [0.25, 0.3) is 0 Å². The van der Waals surface area contributed by atoms with Gasteiger partial charge >= 0.3 is 0 Å². The highest BCUT2D eigenvalue weighted by atomic mass is 32.2. The summed E-state index contributed by atoms with van der Waals surface area (Å²) in [6.45, 7) is 4.57. The second-order valence-electron chi connectivity index (χ2n) is 9.82. The first-order chi connectivity index (χ1) is 18.8. The molecule has 1 saturated heterocycles. The third-order valence-electron chi connectivity index (χ3n) is 7.21. The summed E-state index contributed by atoms with van der Waals surface area (Å²) in [5.74, 6) is -1.78. The number of hydrogen-bond acceptors (Lipinski definition) is 6. The molecule has 5 N–H and O–H groups in total. The second kappa shape index (κ2) is 11.9. The molecule has 1 unspecified atom stereocenters. The minimum atomic E-state index is -1.80. The number of likely N-dealkylation sites (tertiary alicyclic amines) is 1. The van der Waals surface area contributed by atoms with Crippen LogP contribution in [0.2, 0.25) is 0 Å². The van der Waals surface area contributed by atoms with E-state index in [2.05, 4.69) is 25.3 Å². The number of amides is 1. The summed E-state index contributed by atoms with van der Waals surface area (Å²) < 4.78 is 41.9. The maximum Gasteiger partial charge on any atom is 0.263 e. The van der Waals surface area contributed by atoms with Gasteiger partial charge in [-0.2, -0.15) is 10.6 Å². The Labute approximate surface area is 227 Å². The van der Waals surface area contributed by atoms with E-state index in [4.69, 9.17) is 0 Å². The van der Waals surface area contributed by atoms with E-state index in [9.17, 15) is 23.0 Å². The number of benzene rings is 2. The Hall–Kier alpha value is -3.23. The van der Waals surface area contributed by atoms with Crippen molar-refractivity contribution >= 4 is 34.1 Å². The van der Waals surface area contributed by atoms with Crippen molar-refractivity contribution in [3.63, 3.8) is 0 Å². The van der Waals surface area contributed by atoms with Crippen LogP contribution in [0, 0.1) is 11.6 Å². The van der Waals surface area contributed by atoms with E-state index < -0.39 is 28.5 Å². The highest BCUT2D eigenvalue weighted by Gasteiger charge is 2.28. The highest BCUT2D eigenvalue weighted by Crippen LogP contribution is 2.28. The van der Waals surface area contributed by atoms with Gasteiger partial charge in [-0.25, -0.2) is 22.5 Å². The van der Waals surface area contributed by atoms with Crippen molar-refractivity contribution in [1.29, 1.82) is 0 Å². The van der Waals surface area contributed by atoms with Crippen LogP contribution >= 0.6 is 0 Å². The van der Waals surface area contributed by atoms with Crippen LogP contribution in [0.5, 0.6) is 0 Å². The van der Waals surface area contributed by atoms with Crippen molar-refractivity contribution in [2.45, 2.75) is 30.7 Å². The molecule has 10 nitrogen and oxygen atoms in total. The van der Waals surface area contributed by atoms with Gasteiger partial charge < -0.3 is 15.1 Å². The Balaban J connectivity index is 1.27. The fourth-order valence-electron chi connectivity index (χ4n) is 5.00. The summed E-state index contributed by atoms with van der Waals surface area (Å²) in [4.78, 5) is 17.7. The maximum absolute atomic E-state index is 13.7. The van der Waals surface area contributed by atoms with Crippen molar-refractivity contribution < 1.29 is 28.5 Å². The number of carbonyl (C=O) groups excluding carboxylic acids is 1. The molecular formula is C26H32F2N7O3S+. The number of likely N-dealkylation sites (N-methyl/N-ethyl adjacent to an activating group) is 1. The summed E-state index contributed by atoms with van der Waals surface area (Å²) in [5.41, 5.74) is 3.88. The molecule has 2 aromatic carbocycles. The molecule has 1 atom stereocenters. The smallest absolute Gasteiger partial charge is 0.263 e. The molecule has 3 aromatic rings. The monoisotopic (exact) mass is 560 g/mol. The van der Waals surface area contributed by atoms with Crippen LogP contribution in [-0.4, -0.2) is 74.5 Å². The predicted octanol–water partition coefficient (Wildman–Crippen LogP) is 2.14. The molecule has 5 rings (SSSR count). The van der Waals surface area contributed by atoms with Crippen molar-refractivity contribution in [3.8, 4) is 0 Å². The Morgan fingerprint density at radius 3 is 2.64 bits per heavy atom. The fourth-order valence-corrected chi connectivity index (χ4v) is 6.22. The maximum atomic E-state index is 13.7. The van der Waals surface area contributed by atoms with E-state index in [0.717, 1.165) is 61.2 Å². The van der Waals surface area contributed by atoms with E-state index in [1.807, 2.05) is 13.1 Å². The van der Waals surface area contributed by atoms with Crippen LogP contribution < -0.4 is 15.7 Å². The standard InChI is InChI=1S/C26H31F2N7O3S/c1-33(10-11-34-7-2-3-8-34)19-4-5-21(24(15-19)32-37)26(36)29-25-22-16-35(9-6-23(22)30-31-25)39(38)20-13-17(27)12-18(28)14-20/h4-5,12-15,32,37H,2-3,6-11,16H2,1H3,(H2,29,30,31,36)/p+1. The number of aromatic nitrogens is 2. The van der Waals surface area contributed by atoms with Gasteiger partial charge in [-0.3, -0.25) is 9.89 Å². The van der Waals surface area contributed by atoms with Gasteiger partial charge in [0.15, 0.2) is 11.5 Å². The van der Waals surface area contributed by atoms with Crippen molar-refractivity contribution in [2.24, 2.45) is 0 Å². The van der Waals surface area contributed by atoms with Crippen molar-refractivity contribution in [3.05, 3.63) is 64.9 Å². The molecule has 0 aliphatic carbocycles. The topological polar surface area (TPSA) is 121 Å². The lowest BCUT2D eigenvalue weighted by atomic mass is 10.1. The molecule has 0 bridgehead atoms. The van der Waals surface area contributed by atoms with E-state index >= 15 is 0 Å². The average Bonchev–Trinajstić information content (AvgIpc) is 3.60. The summed E-state index contributed by atoms with van der Waals surface area (Å²) in [5, 5.41) is 19.8. The van der Waals surface area contributed by atoms with Gasteiger partial charge in [-0.1, -0.05) is 0 Å². The van der Waals surface area contributed by atoms with Crippen LogP contribution in [0.1, 0.15) is 34.5 Å². The quantitative estimate of drug-likeness (QED) is 0.235. The number of nitrogens with two attached hydrogens (primary N) is 1. The normalized spacial score (nSPS) is 16.7. The molecule has 208 valence electrons. The minimum absolute atomic E-state index is 0.0265. The SMILES string of the molecule is CN(CCN1CCCC1)c1ccc(C(=O)Nc2n[nH]c3c2CN(S(=O)c2cc(F)cc(F)c2)CC3)c([NH2+]O)c1. The van der Waals surface area contributed by atoms with Crippen LogP contribution in [0.15, 0.2) is 41.3 Å². The van der Waals surface area contributed by atoms with Gasteiger partial charge in [0.2, 0.25) is 0 Å². The molecule has 0 radical (unpaired) electrons. The number of anilines is 2. The summed E-state index contributed by atoms with van der Waals surface area (Å²) in [6, 6.07) is 8.10. The number of aromatic amines is 1. The molecule has 1 amide bonds. The molecule has 0 spiro atoms. The average molecular weight is 561 g/mol. The van der Waals surface area contributed by atoms with Crippen LogP contribution in [0.3, 0.4) is 0 Å². The third kappa shape index (κ3) is 6.17. The Morgan fingerprint density at radius 1 is 1.18 bits per heavy atom. The summed E-state index contributed by atoms with van der Waals surface area (Å²) in [7, 11) is 0.182. The van der Waals surface area contributed by atoms with Crippen LogP contribution in [-0.2, 0) is 24.0 Å². The minimum Gasteiger partial charge on any atom is -0.373 e. The molecule has 1 aromatic heterocycles. The van der Waals surface area contributed by atoms with Gasteiger partial charge in [0.1, 0.15) is 28.2 Å². The molecule has 2 aliphatic rings. The molecule has 2 aliphatic heterocycles. The van der Waals surface area contributed by atoms with Crippen molar-refractivity contribution in [1.82, 2.24) is 19.4 Å². The molecule has 1 fully saturated rings. The number of fused-ring (bicyclic) bond motifs is 1. The number of carbonyl (C=O) groups is 1. The molecule has 39 heavy (non-hydrogen) atoms. The Morgan fingerprint density at radius 2 is 1.92 bits per heavy atom. The second-order valence-corrected chi connectivity index (χ2v) is 11.3. The number of quaternary nitrogens is 1. The summed E-state index contributed by atoms with van der Waals surface area (Å²) >= 11 is 0. The van der Waals surface area contributed by atoms with Gasteiger partial charge in [-0.15, -0.1) is 0 Å². The number of H-pyrrole nitrogens is 1. The summed E-state index contributed by atoms with van der Waals surface area (Å²) in [6.07, 6.45) is 2.94. The first-order valence-corrected chi connectivity index (χ1v) is 14.0. The number of halogens is 2. The highest BCUT2D eigenvalue weighted by molar-refractivity contribution is 7.82. The number of nitrogens with zero attached hydrogens (tertiary/aromatic N) is 4. The zero-order valence-electron chi connectivity index (χ0n) is 21.6. The fraction of sp³-hybridized carbons (Fsp3) is 0.385. The lowest BCUT2D eigenvalue weighted by Gasteiger charge is -2.25. The third-order valence-corrected chi connectivity index (χ3v) is 8.63. The molecule has 13 heteroatoms. The zero-order chi connectivity index (χ0) is 27.5. The molecular weight excluding hydrogens is 528 g/mol. The van der Waals surface area contributed by atoms with Gasteiger partial charge in [-0.05, 0) is 50.2 Å². The largest absolute Gasteiger partial charge is 0.373 e. The first-order valence-electron chi connectivity index (χ1n) is 12.9. The van der Waals surface area contributed by atoms with Crippen molar-refractivity contribution in [2.75, 3.05) is 50.0 Å². The van der Waals surface area contributed by atoms with Crippen LogP contribution in [0.4, 0.5) is 26.0 Å². The van der Waals surface area contributed by atoms with Gasteiger partial charge in [0.25, 0.3) is 5.91 Å². The Kier molecular flexibility index (Phi) is 8.33. The lowest BCUT2D eigenvalue weighted by Crippen LogP contribution is -2.74. The number of rotatable bonds is 9. The molecule has 3 heterocycles. The van der Waals surface area contributed by atoms with Gasteiger partial charge in [0.05, 0.1) is 4.90 Å². The van der Waals surface area contributed by atoms with E-state index in [0.29, 0.717) is 24.2 Å². The Bertz CT molecular complexity index is 1360. The lowest BCUT2D eigenvalue weighted by molar-refractivity contribution is -0.825.